The molecule has 0 aliphatic rings. The van der Waals surface area contributed by atoms with E-state index in [4.69, 9.17) is 5.26 Å². The summed E-state index contributed by atoms with van der Waals surface area (Å²) in [7, 11) is 0. The molecule has 7 heteroatoms. The van der Waals surface area contributed by atoms with Gasteiger partial charge in [0.1, 0.15) is 5.82 Å². The van der Waals surface area contributed by atoms with E-state index in [1.54, 1.807) is 25.1 Å². The third kappa shape index (κ3) is 3.90. The number of benzene rings is 2. The summed E-state index contributed by atoms with van der Waals surface area (Å²) in [6.45, 7) is 1.57. The summed E-state index contributed by atoms with van der Waals surface area (Å²) in [6, 6.07) is 9.54. The number of carbonyl (C=O) groups excluding carboxylic acids is 1. The molecule has 0 aliphatic carbocycles. The van der Waals surface area contributed by atoms with E-state index in [0.717, 1.165) is 12.1 Å². The maximum absolute atomic E-state index is 13.1. The van der Waals surface area contributed by atoms with Crippen LogP contribution in [0, 0.1) is 17.1 Å². The van der Waals surface area contributed by atoms with Gasteiger partial charge in [0.2, 0.25) is 0 Å². The van der Waals surface area contributed by atoms with Crippen LogP contribution in [0.2, 0.25) is 0 Å². The molecule has 0 aromatic heterocycles. The van der Waals surface area contributed by atoms with Crippen molar-refractivity contribution >= 4 is 5.91 Å². The highest BCUT2D eigenvalue weighted by atomic mass is 19.4. The van der Waals surface area contributed by atoms with Gasteiger partial charge in [0.25, 0.3) is 5.91 Å². The van der Waals surface area contributed by atoms with Crippen molar-refractivity contribution in [1.82, 2.24) is 5.32 Å². The number of amides is 1. The standard InChI is InChI=1S/C17H12F4N2O/c1-10(12-4-2-3-11(7-12)9-22)23-16(24)14-6-5-13(18)8-15(14)17(19,20)21/h2-8,10H,1H3,(H,23,24)/t10-/m1/s1. The van der Waals surface area contributed by atoms with Gasteiger partial charge in [0.15, 0.2) is 0 Å². The third-order valence-electron chi connectivity index (χ3n) is 3.39. The van der Waals surface area contributed by atoms with Crippen molar-refractivity contribution in [2.75, 3.05) is 0 Å². The van der Waals surface area contributed by atoms with Gasteiger partial charge in [-0.3, -0.25) is 4.79 Å². The third-order valence-corrected chi connectivity index (χ3v) is 3.39. The lowest BCUT2D eigenvalue weighted by Gasteiger charge is -2.17. The van der Waals surface area contributed by atoms with Crippen LogP contribution in [0.3, 0.4) is 0 Å². The molecule has 1 amide bonds. The van der Waals surface area contributed by atoms with Crippen molar-refractivity contribution in [2.24, 2.45) is 0 Å². The molecular formula is C17H12F4N2O. The summed E-state index contributed by atoms with van der Waals surface area (Å²) in [5.74, 6) is -2.05. The van der Waals surface area contributed by atoms with Gasteiger partial charge >= 0.3 is 6.18 Å². The number of rotatable bonds is 3. The van der Waals surface area contributed by atoms with E-state index in [2.05, 4.69) is 5.32 Å². The first-order valence-electron chi connectivity index (χ1n) is 6.90. The van der Waals surface area contributed by atoms with Gasteiger partial charge in [-0.1, -0.05) is 12.1 Å². The molecule has 0 aliphatic heterocycles. The summed E-state index contributed by atoms with van der Waals surface area (Å²) >= 11 is 0. The Morgan fingerprint density at radius 1 is 1.21 bits per heavy atom. The number of hydrogen-bond donors (Lipinski definition) is 1. The largest absolute Gasteiger partial charge is 0.417 e. The van der Waals surface area contributed by atoms with Crippen molar-refractivity contribution in [3.63, 3.8) is 0 Å². The van der Waals surface area contributed by atoms with E-state index in [1.165, 1.54) is 6.07 Å². The van der Waals surface area contributed by atoms with Crippen LogP contribution in [0.5, 0.6) is 0 Å². The van der Waals surface area contributed by atoms with Crippen LogP contribution in [0.25, 0.3) is 0 Å². The summed E-state index contributed by atoms with van der Waals surface area (Å²) < 4.78 is 52.0. The quantitative estimate of drug-likeness (QED) is 0.854. The number of nitriles is 1. The van der Waals surface area contributed by atoms with Gasteiger partial charge < -0.3 is 5.32 Å². The molecule has 2 rings (SSSR count). The summed E-state index contributed by atoms with van der Waals surface area (Å²) in [5, 5.41) is 11.3. The smallest absolute Gasteiger partial charge is 0.346 e. The van der Waals surface area contributed by atoms with E-state index in [0.29, 0.717) is 11.1 Å². The molecule has 0 saturated heterocycles. The Bertz CT molecular complexity index is 809. The van der Waals surface area contributed by atoms with Crippen LogP contribution >= 0.6 is 0 Å². The molecule has 3 nitrogen and oxygen atoms in total. The molecule has 0 saturated carbocycles. The second kappa shape index (κ2) is 6.71. The molecule has 0 fully saturated rings. The van der Waals surface area contributed by atoms with Crippen LogP contribution < -0.4 is 5.32 Å². The zero-order valence-corrected chi connectivity index (χ0v) is 12.5. The van der Waals surface area contributed by atoms with Crippen LogP contribution in [0.4, 0.5) is 17.6 Å². The Kier molecular flexibility index (Phi) is 4.88. The summed E-state index contributed by atoms with van der Waals surface area (Å²) in [6.07, 6.45) is -4.85. The number of carbonyl (C=O) groups is 1. The molecule has 0 unspecified atom stereocenters. The summed E-state index contributed by atoms with van der Waals surface area (Å²) in [4.78, 5) is 12.2. The highest BCUT2D eigenvalue weighted by Gasteiger charge is 2.35. The van der Waals surface area contributed by atoms with Crippen molar-refractivity contribution in [1.29, 1.82) is 5.26 Å². The molecule has 24 heavy (non-hydrogen) atoms. The van der Waals surface area contributed by atoms with E-state index >= 15 is 0 Å². The Morgan fingerprint density at radius 2 is 1.92 bits per heavy atom. The van der Waals surface area contributed by atoms with Gasteiger partial charge in [0, 0.05) is 0 Å². The molecule has 2 aromatic rings. The Morgan fingerprint density at radius 3 is 2.54 bits per heavy atom. The van der Waals surface area contributed by atoms with Crippen LogP contribution in [-0.4, -0.2) is 5.91 Å². The topological polar surface area (TPSA) is 52.9 Å². The maximum Gasteiger partial charge on any atom is 0.417 e. The Balaban J connectivity index is 2.28. The predicted octanol–water partition coefficient (Wildman–Crippen LogP) is 4.21. The first kappa shape index (κ1) is 17.5. The molecule has 2 aromatic carbocycles. The van der Waals surface area contributed by atoms with E-state index < -0.39 is 35.1 Å². The number of alkyl halides is 3. The SMILES string of the molecule is C[C@@H](NC(=O)c1ccc(F)cc1C(F)(F)F)c1cccc(C#N)c1. The highest BCUT2D eigenvalue weighted by molar-refractivity contribution is 5.96. The normalized spacial score (nSPS) is 12.3. The lowest BCUT2D eigenvalue weighted by molar-refractivity contribution is -0.138. The fourth-order valence-electron chi connectivity index (χ4n) is 2.18. The van der Waals surface area contributed by atoms with Crippen LogP contribution in [0.1, 0.15) is 40.0 Å². The lowest BCUT2D eigenvalue weighted by atomic mass is 10.0. The minimum absolute atomic E-state index is 0.288. The van der Waals surface area contributed by atoms with E-state index in [1.807, 2.05) is 6.07 Å². The molecule has 0 radical (unpaired) electrons. The lowest BCUT2D eigenvalue weighted by Crippen LogP contribution is -2.29. The van der Waals surface area contributed by atoms with Crippen LogP contribution in [0.15, 0.2) is 42.5 Å². The van der Waals surface area contributed by atoms with Gasteiger partial charge in [-0.25, -0.2) is 4.39 Å². The van der Waals surface area contributed by atoms with E-state index in [9.17, 15) is 22.4 Å². The fourth-order valence-corrected chi connectivity index (χ4v) is 2.18. The maximum atomic E-state index is 13.1. The second-order valence-electron chi connectivity index (χ2n) is 5.12. The molecule has 124 valence electrons. The van der Waals surface area contributed by atoms with Crippen molar-refractivity contribution in [3.05, 3.63) is 70.5 Å². The predicted molar refractivity (Wildman–Crippen MR) is 78.4 cm³/mol. The Hall–Kier alpha value is -2.88. The first-order chi connectivity index (χ1) is 11.2. The minimum Gasteiger partial charge on any atom is -0.346 e. The zero-order valence-electron chi connectivity index (χ0n) is 12.5. The number of halogens is 4. The monoisotopic (exact) mass is 336 g/mol. The van der Waals surface area contributed by atoms with Gasteiger partial charge in [-0.15, -0.1) is 0 Å². The average Bonchev–Trinajstić information content (AvgIpc) is 2.53. The number of nitrogens with one attached hydrogen (secondary N) is 1. The Labute approximate surface area is 135 Å². The zero-order chi connectivity index (χ0) is 17.9. The van der Waals surface area contributed by atoms with E-state index in [-0.39, 0.29) is 6.07 Å². The molecule has 1 N–H and O–H groups in total. The van der Waals surface area contributed by atoms with Gasteiger partial charge in [-0.2, -0.15) is 18.4 Å². The average molecular weight is 336 g/mol. The highest BCUT2D eigenvalue weighted by Crippen LogP contribution is 2.32. The molecule has 0 spiro atoms. The van der Waals surface area contributed by atoms with Crippen molar-refractivity contribution in [2.45, 2.75) is 19.1 Å². The second-order valence-corrected chi connectivity index (χ2v) is 5.12. The van der Waals surface area contributed by atoms with Gasteiger partial charge in [-0.05, 0) is 42.8 Å². The molecule has 0 bridgehead atoms. The number of nitrogens with zero attached hydrogens (tertiary/aromatic N) is 1. The summed E-state index contributed by atoms with van der Waals surface area (Å²) in [5.41, 5.74) is -1.06. The molecular weight excluding hydrogens is 324 g/mol. The molecule has 0 heterocycles. The fraction of sp³-hybridized carbons (Fsp3) is 0.176. The first-order valence-corrected chi connectivity index (χ1v) is 6.90. The van der Waals surface area contributed by atoms with Crippen LogP contribution in [-0.2, 0) is 6.18 Å². The van der Waals surface area contributed by atoms with Crippen molar-refractivity contribution in [3.8, 4) is 6.07 Å². The number of hydrogen-bond acceptors (Lipinski definition) is 2. The van der Waals surface area contributed by atoms with Crippen molar-refractivity contribution < 1.29 is 22.4 Å². The van der Waals surface area contributed by atoms with Gasteiger partial charge in [0.05, 0.1) is 28.8 Å². The molecule has 1 atom stereocenters. The minimum atomic E-state index is -4.85.